The highest BCUT2D eigenvalue weighted by Gasteiger charge is 2.58. The Morgan fingerprint density at radius 2 is 1.75 bits per heavy atom. The first-order valence-electron chi connectivity index (χ1n) is 8.03. The van der Waals surface area contributed by atoms with Crippen LogP contribution in [0.2, 0.25) is 0 Å². The monoisotopic (exact) mass is 271 g/mol. The van der Waals surface area contributed by atoms with Gasteiger partial charge in [0.05, 0.1) is 0 Å². The van der Waals surface area contributed by atoms with Crippen molar-refractivity contribution < 1.29 is 4.79 Å². The first-order chi connectivity index (χ1) is 9.63. The summed E-state index contributed by atoms with van der Waals surface area (Å²) in [7, 11) is 0. The zero-order valence-electron chi connectivity index (χ0n) is 12.7. The molecule has 1 aliphatic heterocycles. The average Bonchev–Trinajstić information content (AvgIpc) is 2.87. The molecule has 1 aromatic carbocycles. The summed E-state index contributed by atoms with van der Waals surface area (Å²) in [6.07, 6.45) is 7.49. The van der Waals surface area contributed by atoms with Crippen molar-refractivity contribution in [2.24, 2.45) is 5.92 Å². The van der Waals surface area contributed by atoms with Gasteiger partial charge in [-0.25, -0.2) is 0 Å². The van der Waals surface area contributed by atoms with Crippen molar-refractivity contribution in [3.63, 3.8) is 0 Å². The fourth-order valence-corrected chi connectivity index (χ4v) is 3.68. The maximum atomic E-state index is 12.2. The lowest BCUT2D eigenvalue weighted by atomic mass is 9.94. The quantitative estimate of drug-likeness (QED) is 0.743. The third-order valence-corrected chi connectivity index (χ3v) is 5.18. The Hall–Kier alpha value is -1.31. The molecule has 108 valence electrons. The van der Waals surface area contributed by atoms with Gasteiger partial charge in [-0.2, -0.15) is 0 Å². The average molecular weight is 271 g/mol. The van der Waals surface area contributed by atoms with Crippen LogP contribution in [0.25, 0.3) is 0 Å². The molecule has 1 heterocycles. The predicted octanol–water partition coefficient (Wildman–Crippen LogP) is 3.93. The number of carbonyl (C=O) groups is 1. The summed E-state index contributed by atoms with van der Waals surface area (Å²) in [5.41, 5.74) is 2.45. The van der Waals surface area contributed by atoms with Gasteiger partial charge in [0.1, 0.15) is 5.54 Å². The summed E-state index contributed by atoms with van der Waals surface area (Å²) in [5.74, 6) is 1.13. The summed E-state index contributed by atoms with van der Waals surface area (Å²) >= 11 is 0. The van der Waals surface area contributed by atoms with Crippen LogP contribution in [0.3, 0.4) is 0 Å². The Labute approximate surface area is 122 Å². The second-order valence-corrected chi connectivity index (χ2v) is 6.69. The van der Waals surface area contributed by atoms with Crippen LogP contribution in [0.15, 0.2) is 24.3 Å². The van der Waals surface area contributed by atoms with Crippen LogP contribution in [0.5, 0.6) is 0 Å². The molecule has 0 unspecified atom stereocenters. The molecule has 2 nitrogen and oxygen atoms in total. The summed E-state index contributed by atoms with van der Waals surface area (Å²) in [5, 5.41) is 0. The van der Waals surface area contributed by atoms with Gasteiger partial charge >= 0.3 is 0 Å². The van der Waals surface area contributed by atoms with Crippen LogP contribution in [0, 0.1) is 5.92 Å². The number of amides is 1. The number of benzene rings is 1. The van der Waals surface area contributed by atoms with E-state index in [1.54, 1.807) is 0 Å². The topological polar surface area (TPSA) is 20.1 Å². The molecule has 1 saturated carbocycles. The number of nitrogens with zero attached hydrogens (tertiary/aromatic N) is 1. The number of hydrogen-bond acceptors (Lipinski definition) is 1. The van der Waals surface area contributed by atoms with E-state index in [0.29, 0.717) is 5.91 Å². The van der Waals surface area contributed by atoms with Gasteiger partial charge in [0.2, 0.25) is 5.91 Å². The lowest BCUT2D eigenvalue weighted by molar-refractivity contribution is -0.114. The molecule has 2 fully saturated rings. The molecule has 2 heteroatoms. The molecule has 3 rings (SSSR count). The van der Waals surface area contributed by atoms with E-state index in [-0.39, 0.29) is 5.54 Å². The second-order valence-electron chi connectivity index (χ2n) is 6.69. The van der Waals surface area contributed by atoms with Crippen molar-refractivity contribution in [1.82, 2.24) is 4.90 Å². The van der Waals surface area contributed by atoms with Crippen LogP contribution in [-0.4, -0.2) is 16.3 Å². The molecule has 0 N–H and O–H groups in total. The minimum Gasteiger partial charge on any atom is -0.322 e. The van der Waals surface area contributed by atoms with Gasteiger partial charge in [0.25, 0.3) is 0 Å². The van der Waals surface area contributed by atoms with Gasteiger partial charge in [-0.1, -0.05) is 56.9 Å². The molecule has 1 atom stereocenters. The summed E-state index contributed by atoms with van der Waals surface area (Å²) in [6, 6.07) is 8.69. The number of rotatable bonds is 5. The Balaban J connectivity index is 1.61. The molecular weight excluding hydrogens is 246 g/mol. The van der Waals surface area contributed by atoms with Gasteiger partial charge in [-0.3, -0.25) is 4.79 Å². The highest BCUT2D eigenvalue weighted by atomic mass is 16.2. The molecule has 0 aromatic heterocycles. The van der Waals surface area contributed by atoms with Gasteiger partial charge < -0.3 is 4.90 Å². The molecule has 0 bridgehead atoms. The Morgan fingerprint density at radius 3 is 2.35 bits per heavy atom. The summed E-state index contributed by atoms with van der Waals surface area (Å²) < 4.78 is 0. The maximum Gasteiger partial charge on any atom is 0.249 e. The number of carbonyl (C=O) groups excluding carboxylic acids is 1. The number of hydrogen-bond donors (Lipinski definition) is 0. The molecule has 0 spiro atoms. The van der Waals surface area contributed by atoms with Crippen LogP contribution >= 0.6 is 0 Å². The summed E-state index contributed by atoms with van der Waals surface area (Å²) in [6.45, 7) is 5.09. The summed E-state index contributed by atoms with van der Waals surface area (Å²) in [4.78, 5) is 14.2. The van der Waals surface area contributed by atoms with Crippen molar-refractivity contribution in [3.8, 4) is 0 Å². The SMILES string of the molecule is CCc1ccc(CN2C(=O)[C@@]2(C)CC2CCCC2)cc1. The Kier molecular flexibility index (Phi) is 3.57. The third-order valence-electron chi connectivity index (χ3n) is 5.18. The highest BCUT2D eigenvalue weighted by molar-refractivity contribution is 6.01. The second kappa shape index (κ2) is 5.23. The normalized spacial score (nSPS) is 26.3. The number of aryl methyl sites for hydroxylation is 1. The van der Waals surface area contributed by atoms with Crippen LogP contribution in [-0.2, 0) is 17.8 Å². The fraction of sp³-hybridized carbons (Fsp3) is 0.611. The van der Waals surface area contributed by atoms with Gasteiger partial charge in [-0.15, -0.1) is 0 Å². The van der Waals surface area contributed by atoms with E-state index < -0.39 is 0 Å². The Morgan fingerprint density at radius 1 is 1.15 bits per heavy atom. The van der Waals surface area contributed by atoms with Crippen LogP contribution in [0.1, 0.15) is 57.1 Å². The van der Waals surface area contributed by atoms with E-state index in [1.165, 1.54) is 36.8 Å². The largest absolute Gasteiger partial charge is 0.322 e. The van der Waals surface area contributed by atoms with Crippen LogP contribution in [0.4, 0.5) is 0 Å². The Bertz CT molecular complexity index is 487. The standard InChI is InChI=1S/C18H25NO/c1-3-14-8-10-16(11-9-14)13-19-17(20)18(19,2)12-15-6-4-5-7-15/h8-11,15H,3-7,12-13H2,1-2H3/t18-,19?/m1/s1. The van der Waals surface area contributed by atoms with Crippen molar-refractivity contribution in [2.75, 3.05) is 0 Å². The van der Waals surface area contributed by atoms with Crippen molar-refractivity contribution in [1.29, 1.82) is 0 Å². The molecule has 1 aliphatic carbocycles. The molecule has 20 heavy (non-hydrogen) atoms. The molecular formula is C18H25NO. The molecule has 1 aromatic rings. The van der Waals surface area contributed by atoms with E-state index in [1.807, 2.05) is 0 Å². The minimum atomic E-state index is -0.168. The van der Waals surface area contributed by atoms with Gasteiger partial charge in [0.15, 0.2) is 0 Å². The molecule has 0 radical (unpaired) electrons. The van der Waals surface area contributed by atoms with E-state index in [4.69, 9.17) is 0 Å². The molecule has 1 amide bonds. The first kappa shape index (κ1) is 13.7. The van der Waals surface area contributed by atoms with Crippen molar-refractivity contribution in [3.05, 3.63) is 35.4 Å². The van der Waals surface area contributed by atoms with E-state index in [2.05, 4.69) is 43.0 Å². The van der Waals surface area contributed by atoms with E-state index in [0.717, 1.165) is 25.3 Å². The predicted molar refractivity (Wildman–Crippen MR) is 81.4 cm³/mol. The minimum absolute atomic E-state index is 0.168. The van der Waals surface area contributed by atoms with Crippen LogP contribution < -0.4 is 0 Å². The van der Waals surface area contributed by atoms with Crippen molar-refractivity contribution >= 4 is 5.91 Å². The molecule has 2 aliphatic rings. The maximum absolute atomic E-state index is 12.2. The lowest BCUT2D eigenvalue weighted by Gasteiger charge is -2.15. The lowest BCUT2D eigenvalue weighted by Crippen LogP contribution is -2.18. The van der Waals surface area contributed by atoms with Gasteiger partial charge in [0, 0.05) is 6.54 Å². The first-order valence-corrected chi connectivity index (χ1v) is 8.03. The zero-order chi connectivity index (χ0) is 14.2. The van der Waals surface area contributed by atoms with E-state index >= 15 is 0 Å². The zero-order valence-corrected chi connectivity index (χ0v) is 12.7. The van der Waals surface area contributed by atoms with Crippen molar-refractivity contribution in [2.45, 2.75) is 64.5 Å². The third kappa shape index (κ3) is 2.48. The van der Waals surface area contributed by atoms with E-state index in [9.17, 15) is 4.79 Å². The fourth-order valence-electron chi connectivity index (χ4n) is 3.68. The highest BCUT2D eigenvalue weighted by Crippen LogP contribution is 2.44. The van der Waals surface area contributed by atoms with Gasteiger partial charge in [-0.05, 0) is 36.8 Å². The smallest absolute Gasteiger partial charge is 0.249 e. The molecule has 1 saturated heterocycles.